The van der Waals surface area contributed by atoms with Gasteiger partial charge in [0.25, 0.3) is 5.91 Å². The Morgan fingerprint density at radius 3 is 2.64 bits per heavy atom. The topological polar surface area (TPSA) is 79.9 Å². The van der Waals surface area contributed by atoms with Gasteiger partial charge in [-0.25, -0.2) is 15.2 Å². The van der Waals surface area contributed by atoms with E-state index in [0.717, 1.165) is 11.6 Å². The van der Waals surface area contributed by atoms with Crippen molar-refractivity contribution in [1.29, 1.82) is 0 Å². The van der Waals surface area contributed by atoms with Crippen LogP contribution in [0.4, 0.5) is 4.79 Å². The third-order valence-corrected chi connectivity index (χ3v) is 6.62. The molecule has 2 rings (SSSR count). The molecule has 9 heteroatoms. The highest BCUT2D eigenvalue weighted by Crippen LogP contribution is 2.14. The molecule has 2 N–H and O–H groups in total. The second kappa shape index (κ2) is 10.9. The number of hydrogen-bond donors (Lipinski definition) is 2. The van der Waals surface area contributed by atoms with Crippen molar-refractivity contribution >= 4 is 35.9 Å². The number of nitrogens with one attached hydrogen (secondary N) is 2. The van der Waals surface area contributed by atoms with Gasteiger partial charge in [-0.15, -0.1) is 0 Å². The van der Waals surface area contributed by atoms with Crippen LogP contribution in [0.2, 0.25) is 25.7 Å². The maximum absolute atomic E-state index is 12.2. The first-order valence-corrected chi connectivity index (χ1v) is 14.3. The molecule has 1 aromatic rings. The molecule has 7 nitrogen and oxygen atoms in total. The van der Waals surface area contributed by atoms with E-state index >= 15 is 0 Å². The van der Waals surface area contributed by atoms with Gasteiger partial charge >= 0.3 is 6.03 Å². The maximum Gasteiger partial charge on any atom is 0.333 e. The largest absolute Gasteiger partial charge is 0.356 e. The quantitative estimate of drug-likeness (QED) is 0.251. The molecule has 0 aromatic heterocycles. The average molecular weight is 472 g/mol. The second-order valence-corrected chi connectivity index (χ2v) is 14.2. The SMILES string of the molecule is C[Si](C)(C)CCOCO[C@@H]1CN(C(=O)CBr)NC(=O)N[C@@H]1Cc1ccccc1. The first-order chi connectivity index (χ1) is 13.3. The van der Waals surface area contributed by atoms with Crippen molar-refractivity contribution in [1.82, 2.24) is 15.8 Å². The maximum atomic E-state index is 12.2. The van der Waals surface area contributed by atoms with E-state index in [4.69, 9.17) is 9.47 Å². The van der Waals surface area contributed by atoms with E-state index in [1.54, 1.807) is 0 Å². The molecular weight excluding hydrogens is 442 g/mol. The number of halogens is 1. The van der Waals surface area contributed by atoms with Gasteiger partial charge in [0.2, 0.25) is 0 Å². The lowest BCUT2D eigenvalue weighted by Gasteiger charge is -2.27. The van der Waals surface area contributed by atoms with Gasteiger partial charge in [0.15, 0.2) is 0 Å². The zero-order valence-electron chi connectivity index (χ0n) is 16.7. The molecule has 0 radical (unpaired) electrons. The van der Waals surface area contributed by atoms with Crippen molar-refractivity contribution in [3.05, 3.63) is 35.9 Å². The summed E-state index contributed by atoms with van der Waals surface area (Å²) in [5.74, 6) is -0.233. The van der Waals surface area contributed by atoms with Gasteiger partial charge in [-0.1, -0.05) is 65.9 Å². The fourth-order valence-electron chi connectivity index (χ4n) is 2.80. The third kappa shape index (κ3) is 7.90. The summed E-state index contributed by atoms with van der Waals surface area (Å²) >= 11 is 3.15. The first-order valence-electron chi connectivity index (χ1n) is 9.45. The van der Waals surface area contributed by atoms with E-state index in [1.165, 1.54) is 5.01 Å². The Labute approximate surface area is 176 Å². The molecule has 0 bridgehead atoms. The minimum Gasteiger partial charge on any atom is -0.356 e. The molecule has 2 atom stereocenters. The lowest BCUT2D eigenvalue weighted by atomic mass is 10.0. The van der Waals surface area contributed by atoms with Crippen molar-refractivity contribution in [2.75, 3.05) is 25.3 Å². The Morgan fingerprint density at radius 2 is 2.00 bits per heavy atom. The van der Waals surface area contributed by atoms with Crippen LogP contribution >= 0.6 is 15.9 Å². The van der Waals surface area contributed by atoms with E-state index in [-0.39, 0.29) is 30.6 Å². The number of benzene rings is 1. The molecule has 1 fully saturated rings. The Balaban J connectivity index is 2.03. The number of hydrazine groups is 1. The summed E-state index contributed by atoms with van der Waals surface area (Å²) in [6.45, 7) is 7.92. The number of amides is 3. The van der Waals surface area contributed by atoms with Gasteiger partial charge < -0.3 is 14.8 Å². The van der Waals surface area contributed by atoms with Crippen molar-refractivity contribution in [2.45, 2.75) is 44.3 Å². The Kier molecular flexibility index (Phi) is 8.93. The molecule has 28 heavy (non-hydrogen) atoms. The van der Waals surface area contributed by atoms with E-state index < -0.39 is 20.2 Å². The summed E-state index contributed by atoms with van der Waals surface area (Å²) in [5.41, 5.74) is 3.67. The summed E-state index contributed by atoms with van der Waals surface area (Å²) in [5, 5.41) is 4.33. The van der Waals surface area contributed by atoms with E-state index in [1.807, 2.05) is 30.3 Å². The monoisotopic (exact) mass is 471 g/mol. The fourth-order valence-corrected chi connectivity index (χ4v) is 3.86. The van der Waals surface area contributed by atoms with Gasteiger partial charge in [0.05, 0.1) is 17.9 Å². The van der Waals surface area contributed by atoms with Gasteiger partial charge in [0.1, 0.15) is 12.9 Å². The standard InChI is InChI=1S/C19H30BrN3O4Si/c1-28(2,3)10-9-26-14-27-17-13-23(18(24)12-20)22-19(25)21-16(17)11-15-7-5-4-6-8-15/h4-8,16-17H,9-14H2,1-3H3,(H2,21,22,25)/t16-,17-/m1/s1. The molecule has 1 aromatic carbocycles. The van der Waals surface area contributed by atoms with E-state index in [0.29, 0.717) is 13.0 Å². The van der Waals surface area contributed by atoms with Crippen LogP contribution in [0.3, 0.4) is 0 Å². The summed E-state index contributed by atoms with van der Waals surface area (Å²) in [7, 11) is -1.16. The van der Waals surface area contributed by atoms with E-state index in [2.05, 4.69) is 46.3 Å². The molecule has 0 spiro atoms. The third-order valence-electron chi connectivity index (χ3n) is 4.44. The molecule has 1 saturated heterocycles. The van der Waals surface area contributed by atoms with Crippen molar-refractivity contribution in [3.8, 4) is 0 Å². The van der Waals surface area contributed by atoms with Crippen LogP contribution in [0.15, 0.2) is 30.3 Å². The number of nitrogens with zero attached hydrogens (tertiary/aromatic N) is 1. The fraction of sp³-hybridized carbons (Fsp3) is 0.579. The number of hydrogen-bond acceptors (Lipinski definition) is 4. The van der Waals surface area contributed by atoms with Crippen LogP contribution in [0.25, 0.3) is 0 Å². The minimum atomic E-state index is -1.16. The van der Waals surface area contributed by atoms with Gasteiger partial charge in [0, 0.05) is 14.7 Å². The molecule has 156 valence electrons. The molecule has 3 amide bonds. The molecule has 1 aliphatic heterocycles. The Morgan fingerprint density at radius 1 is 1.29 bits per heavy atom. The Hall–Kier alpha value is -1.42. The molecule has 1 heterocycles. The minimum absolute atomic E-state index is 0.121. The molecule has 0 saturated carbocycles. The number of rotatable bonds is 9. The molecule has 1 aliphatic rings. The number of carbonyl (C=O) groups is 2. The highest BCUT2D eigenvalue weighted by molar-refractivity contribution is 9.09. The van der Waals surface area contributed by atoms with Crippen LogP contribution in [-0.2, 0) is 20.7 Å². The number of alkyl halides is 1. The van der Waals surface area contributed by atoms with Crippen molar-refractivity contribution < 1.29 is 19.1 Å². The Bertz CT molecular complexity index is 642. The summed E-state index contributed by atoms with van der Waals surface area (Å²) in [6.07, 6.45) is 0.207. The summed E-state index contributed by atoms with van der Waals surface area (Å²) < 4.78 is 11.6. The van der Waals surface area contributed by atoms with Crippen LogP contribution in [0.1, 0.15) is 5.56 Å². The lowest BCUT2D eigenvalue weighted by molar-refractivity contribution is -0.136. The predicted octanol–water partition coefficient (Wildman–Crippen LogP) is 2.75. The van der Waals surface area contributed by atoms with Crippen molar-refractivity contribution in [2.24, 2.45) is 0 Å². The number of carbonyl (C=O) groups excluding carboxylic acids is 2. The lowest BCUT2D eigenvalue weighted by Crippen LogP contribution is -2.49. The highest BCUT2D eigenvalue weighted by atomic mass is 79.9. The van der Waals surface area contributed by atoms with Gasteiger partial charge in [-0.2, -0.15) is 0 Å². The summed E-state index contributed by atoms with van der Waals surface area (Å²) in [6, 6.07) is 10.2. The van der Waals surface area contributed by atoms with Crippen LogP contribution in [0.5, 0.6) is 0 Å². The smallest absolute Gasteiger partial charge is 0.333 e. The van der Waals surface area contributed by atoms with E-state index in [9.17, 15) is 9.59 Å². The summed E-state index contributed by atoms with van der Waals surface area (Å²) in [4.78, 5) is 24.3. The zero-order chi connectivity index (χ0) is 20.6. The molecule has 0 aliphatic carbocycles. The molecular formula is C19H30BrN3O4Si. The predicted molar refractivity (Wildman–Crippen MR) is 115 cm³/mol. The zero-order valence-corrected chi connectivity index (χ0v) is 19.3. The molecule has 0 unspecified atom stereocenters. The number of ether oxygens (including phenoxy) is 2. The van der Waals surface area contributed by atoms with Gasteiger partial charge in [-0.3, -0.25) is 4.79 Å². The second-order valence-electron chi connectivity index (χ2n) is 8.06. The number of urea groups is 1. The normalized spacial score (nSPS) is 20.3. The van der Waals surface area contributed by atoms with Crippen LogP contribution in [0, 0.1) is 0 Å². The van der Waals surface area contributed by atoms with Gasteiger partial charge in [-0.05, 0) is 18.0 Å². The highest BCUT2D eigenvalue weighted by Gasteiger charge is 2.32. The van der Waals surface area contributed by atoms with Crippen LogP contribution in [-0.4, -0.2) is 62.4 Å². The van der Waals surface area contributed by atoms with Crippen molar-refractivity contribution in [3.63, 3.8) is 0 Å². The first kappa shape index (κ1) is 22.9. The van der Waals surface area contributed by atoms with Crippen LogP contribution < -0.4 is 10.7 Å². The average Bonchev–Trinajstić information content (AvgIpc) is 2.79.